The molecule has 1 N–H and O–H groups in total. The van der Waals surface area contributed by atoms with Crippen LogP contribution in [0.2, 0.25) is 0 Å². The van der Waals surface area contributed by atoms with Crippen LogP contribution in [-0.2, 0) is 18.9 Å². The lowest BCUT2D eigenvalue weighted by atomic mass is 10.1. The molecular formula is C16H19NO5. The molecule has 0 amide bonds. The Hall–Kier alpha value is -1.47. The summed E-state index contributed by atoms with van der Waals surface area (Å²) in [6, 6.07) is 9.69. The quantitative estimate of drug-likeness (QED) is 0.885. The first kappa shape index (κ1) is 14.1. The zero-order valence-electron chi connectivity index (χ0n) is 12.5. The van der Waals surface area contributed by atoms with E-state index in [0.717, 1.165) is 5.56 Å². The third kappa shape index (κ3) is 2.32. The average molecular weight is 305 g/mol. The minimum atomic E-state index is -0.790. The van der Waals surface area contributed by atoms with E-state index in [0.29, 0.717) is 12.4 Å². The fourth-order valence-electron chi connectivity index (χ4n) is 3.13. The van der Waals surface area contributed by atoms with Crippen LogP contribution >= 0.6 is 0 Å². The molecule has 3 heterocycles. The monoisotopic (exact) mass is 305 g/mol. The fourth-order valence-corrected chi connectivity index (χ4v) is 3.13. The summed E-state index contributed by atoms with van der Waals surface area (Å²) in [5, 5.41) is 10.4. The van der Waals surface area contributed by atoms with Crippen molar-refractivity contribution in [3.05, 3.63) is 35.9 Å². The summed E-state index contributed by atoms with van der Waals surface area (Å²) < 4.78 is 23.0. The number of ether oxygens (including phenoxy) is 4. The van der Waals surface area contributed by atoms with Gasteiger partial charge in [-0.1, -0.05) is 18.2 Å². The third-order valence-corrected chi connectivity index (χ3v) is 4.12. The number of fused-ring (bicyclic) bond motifs is 1. The maximum Gasteiger partial charge on any atom is 0.216 e. The minimum Gasteiger partial charge on any atom is -0.469 e. The highest BCUT2D eigenvalue weighted by Crippen LogP contribution is 2.39. The summed E-state index contributed by atoms with van der Waals surface area (Å²) >= 11 is 0. The highest BCUT2D eigenvalue weighted by atomic mass is 16.8. The van der Waals surface area contributed by atoms with E-state index in [9.17, 15) is 5.11 Å². The Labute approximate surface area is 128 Å². The van der Waals surface area contributed by atoms with Crippen molar-refractivity contribution >= 4 is 5.90 Å². The molecule has 0 unspecified atom stereocenters. The Morgan fingerprint density at radius 3 is 2.64 bits per heavy atom. The largest absolute Gasteiger partial charge is 0.469 e. The number of hydrogen-bond donors (Lipinski definition) is 1. The van der Waals surface area contributed by atoms with Gasteiger partial charge in [0, 0.05) is 5.56 Å². The van der Waals surface area contributed by atoms with E-state index >= 15 is 0 Å². The van der Waals surface area contributed by atoms with Gasteiger partial charge < -0.3 is 24.1 Å². The van der Waals surface area contributed by atoms with Gasteiger partial charge in [0.1, 0.15) is 24.4 Å². The number of aliphatic hydroxyl groups is 1. The van der Waals surface area contributed by atoms with E-state index < -0.39 is 30.4 Å². The van der Waals surface area contributed by atoms with Crippen LogP contribution in [0.4, 0.5) is 0 Å². The van der Waals surface area contributed by atoms with Crippen LogP contribution in [0.5, 0.6) is 0 Å². The molecule has 6 nitrogen and oxygen atoms in total. The summed E-state index contributed by atoms with van der Waals surface area (Å²) in [6.45, 7) is 4.06. The van der Waals surface area contributed by atoms with Crippen LogP contribution in [0.3, 0.4) is 0 Å². The Bertz CT molecular complexity index is 587. The molecular weight excluding hydrogens is 286 g/mol. The normalized spacial score (nSPS) is 39.4. The van der Waals surface area contributed by atoms with Crippen molar-refractivity contribution in [3.63, 3.8) is 0 Å². The molecule has 0 radical (unpaired) electrons. The number of benzene rings is 1. The Balaban J connectivity index is 1.44. The lowest BCUT2D eigenvalue weighted by Gasteiger charge is -2.25. The topological polar surface area (TPSA) is 69.5 Å². The van der Waals surface area contributed by atoms with Gasteiger partial charge in [0.15, 0.2) is 12.1 Å². The van der Waals surface area contributed by atoms with Crippen LogP contribution in [0.1, 0.15) is 19.4 Å². The van der Waals surface area contributed by atoms with Crippen molar-refractivity contribution in [1.82, 2.24) is 0 Å². The highest BCUT2D eigenvalue weighted by molar-refractivity contribution is 5.95. The van der Waals surface area contributed by atoms with Crippen molar-refractivity contribution in [2.45, 2.75) is 50.3 Å². The molecule has 0 aliphatic carbocycles. The van der Waals surface area contributed by atoms with Gasteiger partial charge in [0.2, 0.25) is 5.90 Å². The van der Waals surface area contributed by atoms with E-state index in [2.05, 4.69) is 4.99 Å². The summed E-state index contributed by atoms with van der Waals surface area (Å²) in [6.07, 6.45) is -2.66. The van der Waals surface area contributed by atoms with Gasteiger partial charge in [0.05, 0.1) is 6.54 Å². The second-order valence-electron chi connectivity index (χ2n) is 6.23. The first-order valence-electron chi connectivity index (χ1n) is 7.49. The van der Waals surface area contributed by atoms with Crippen molar-refractivity contribution < 1.29 is 24.1 Å². The van der Waals surface area contributed by atoms with E-state index in [-0.39, 0.29) is 6.10 Å². The predicted molar refractivity (Wildman–Crippen MR) is 77.4 cm³/mol. The first-order chi connectivity index (χ1) is 10.5. The Kier molecular flexibility index (Phi) is 3.23. The number of aliphatic hydroxyl groups excluding tert-OH is 1. The SMILES string of the molecule is CC1(C)O[C@H]2O[C@H]([C@@H]3CN=C(c4ccccc4)O3)[C@H](O)[C@H]2O1. The number of nitrogens with zero attached hydrogens (tertiary/aromatic N) is 1. The van der Waals surface area contributed by atoms with Crippen molar-refractivity contribution in [1.29, 1.82) is 0 Å². The molecule has 2 fully saturated rings. The Morgan fingerprint density at radius 2 is 1.91 bits per heavy atom. The molecule has 1 aromatic rings. The molecule has 0 aromatic heterocycles. The molecule has 1 aromatic carbocycles. The second-order valence-corrected chi connectivity index (χ2v) is 6.23. The third-order valence-electron chi connectivity index (χ3n) is 4.12. The molecule has 5 atom stereocenters. The van der Waals surface area contributed by atoms with Crippen molar-refractivity contribution in [2.24, 2.45) is 4.99 Å². The summed E-state index contributed by atoms with van der Waals surface area (Å²) in [5.41, 5.74) is 0.923. The van der Waals surface area contributed by atoms with Crippen LogP contribution < -0.4 is 0 Å². The lowest BCUT2D eigenvalue weighted by molar-refractivity contribution is -0.223. The van der Waals surface area contributed by atoms with Crippen LogP contribution in [-0.4, -0.2) is 54.0 Å². The summed E-state index contributed by atoms with van der Waals surface area (Å²) in [7, 11) is 0. The lowest BCUT2D eigenvalue weighted by Crippen LogP contribution is -2.42. The standard InChI is InChI=1S/C16H19NO5/c1-16(2)21-13-11(18)12(20-15(13)22-16)10-8-17-14(19-10)9-6-4-3-5-7-9/h3-7,10-13,15,18H,8H2,1-2H3/t10-,11-,12+,13+,15+/m0/s1. The zero-order valence-corrected chi connectivity index (χ0v) is 12.5. The molecule has 0 spiro atoms. The number of aliphatic imine (C=N–C) groups is 1. The van der Waals surface area contributed by atoms with Gasteiger partial charge in [-0.05, 0) is 26.0 Å². The molecule has 4 rings (SSSR count). The molecule has 0 saturated carbocycles. The van der Waals surface area contributed by atoms with E-state index in [1.54, 1.807) is 13.8 Å². The smallest absolute Gasteiger partial charge is 0.216 e. The van der Waals surface area contributed by atoms with E-state index in [4.69, 9.17) is 18.9 Å². The molecule has 3 aliphatic heterocycles. The molecule has 0 bridgehead atoms. The Morgan fingerprint density at radius 1 is 1.14 bits per heavy atom. The predicted octanol–water partition coefficient (Wildman–Crippen LogP) is 1.07. The summed E-state index contributed by atoms with van der Waals surface area (Å²) in [5.74, 6) is -0.149. The average Bonchev–Trinajstić information content (AvgIpc) is 3.15. The molecule has 22 heavy (non-hydrogen) atoms. The van der Waals surface area contributed by atoms with Gasteiger partial charge in [0.25, 0.3) is 0 Å². The number of rotatable bonds is 2. The zero-order chi connectivity index (χ0) is 15.3. The molecule has 3 aliphatic rings. The molecule has 6 heteroatoms. The molecule has 2 saturated heterocycles. The van der Waals surface area contributed by atoms with E-state index in [1.807, 2.05) is 30.3 Å². The van der Waals surface area contributed by atoms with Gasteiger partial charge >= 0.3 is 0 Å². The van der Waals surface area contributed by atoms with Gasteiger partial charge in [-0.25, -0.2) is 4.99 Å². The highest BCUT2D eigenvalue weighted by Gasteiger charge is 2.57. The minimum absolute atomic E-state index is 0.328. The first-order valence-corrected chi connectivity index (χ1v) is 7.49. The van der Waals surface area contributed by atoms with Gasteiger partial charge in [-0.3, -0.25) is 0 Å². The van der Waals surface area contributed by atoms with Crippen molar-refractivity contribution in [3.8, 4) is 0 Å². The van der Waals surface area contributed by atoms with Gasteiger partial charge in [-0.15, -0.1) is 0 Å². The maximum atomic E-state index is 10.4. The second kappa shape index (κ2) is 5.03. The van der Waals surface area contributed by atoms with Crippen LogP contribution in [0.25, 0.3) is 0 Å². The van der Waals surface area contributed by atoms with E-state index in [1.165, 1.54) is 0 Å². The maximum absolute atomic E-state index is 10.4. The number of hydrogen-bond acceptors (Lipinski definition) is 6. The van der Waals surface area contributed by atoms with Crippen molar-refractivity contribution in [2.75, 3.05) is 6.54 Å². The van der Waals surface area contributed by atoms with Crippen LogP contribution in [0, 0.1) is 0 Å². The summed E-state index contributed by atoms with van der Waals surface area (Å²) in [4.78, 5) is 4.41. The molecule has 118 valence electrons. The van der Waals surface area contributed by atoms with Gasteiger partial charge in [-0.2, -0.15) is 0 Å². The van der Waals surface area contributed by atoms with Crippen LogP contribution in [0.15, 0.2) is 35.3 Å². The fraction of sp³-hybridized carbons (Fsp3) is 0.562.